The number of anilines is 1. The highest BCUT2D eigenvalue weighted by Gasteiger charge is 2.05. The van der Waals surface area contributed by atoms with Gasteiger partial charge in [0.25, 0.3) is 0 Å². The number of nitrogens with two attached hydrogens (primary N) is 1. The lowest BCUT2D eigenvalue weighted by Gasteiger charge is -2.07. The van der Waals surface area contributed by atoms with Gasteiger partial charge >= 0.3 is 0 Å². The summed E-state index contributed by atoms with van der Waals surface area (Å²) in [6, 6.07) is 0.346. The summed E-state index contributed by atoms with van der Waals surface area (Å²) < 4.78 is 1.88. The molecule has 0 radical (unpaired) electrons. The van der Waals surface area contributed by atoms with Crippen LogP contribution in [0.4, 0.5) is 5.82 Å². The molecule has 1 unspecified atom stereocenters. The van der Waals surface area contributed by atoms with Crippen LogP contribution in [-0.4, -0.2) is 9.78 Å². The van der Waals surface area contributed by atoms with Gasteiger partial charge in [-0.05, 0) is 20.3 Å². The molecular weight excluding hydrogens is 150 g/mol. The molecule has 1 rings (SSSR count). The molecule has 0 saturated carbocycles. The molecule has 0 fully saturated rings. The molecule has 0 bridgehead atoms. The van der Waals surface area contributed by atoms with Gasteiger partial charge in [-0.15, -0.1) is 6.58 Å². The quantitative estimate of drug-likeness (QED) is 0.695. The molecular formula is C9H15N3. The zero-order valence-electron chi connectivity index (χ0n) is 7.62. The van der Waals surface area contributed by atoms with Crippen LogP contribution in [0.1, 0.15) is 24.9 Å². The number of hydrogen-bond acceptors (Lipinski definition) is 2. The molecule has 3 heteroatoms. The van der Waals surface area contributed by atoms with E-state index in [2.05, 4.69) is 18.6 Å². The Bertz CT molecular complexity index is 256. The number of rotatable bonds is 3. The summed E-state index contributed by atoms with van der Waals surface area (Å²) in [5.74, 6) is 0.617. The fraction of sp³-hybridized carbons (Fsp3) is 0.444. The minimum absolute atomic E-state index is 0.346. The molecule has 1 atom stereocenters. The SMILES string of the molecule is C=CCC(C)n1cc(C)c(N)n1. The van der Waals surface area contributed by atoms with Gasteiger partial charge in [0.05, 0.1) is 6.04 Å². The average Bonchev–Trinajstić information content (AvgIpc) is 2.33. The van der Waals surface area contributed by atoms with Crippen molar-refractivity contribution in [3.05, 3.63) is 24.4 Å². The fourth-order valence-electron chi connectivity index (χ4n) is 1.07. The van der Waals surface area contributed by atoms with Crippen molar-refractivity contribution in [1.82, 2.24) is 9.78 Å². The maximum Gasteiger partial charge on any atom is 0.148 e. The molecule has 3 nitrogen and oxygen atoms in total. The van der Waals surface area contributed by atoms with Gasteiger partial charge < -0.3 is 5.73 Å². The lowest BCUT2D eigenvalue weighted by molar-refractivity contribution is 0.498. The van der Waals surface area contributed by atoms with Crippen LogP contribution in [0.5, 0.6) is 0 Å². The molecule has 0 aliphatic rings. The van der Waals surface area contributed by atoms with Crippen molar-refractivity contribution >= 4 is 5.82 Å². The summed E-state index contributed by atoms with van der Waals surface area (Å²) in [6.45, 7) is 7.73. The van der Waals surface area contributed by atoms with Crippen LogP contribution in [0.15, 0.2) is 18.9 Å². The molecule has 0 saturated heterocycles. The first-order chi connectivity index (χ1) is 5.65. The van der Waals surface area contributed by atoms with Crippen molar-refractivity contribution in [3.63, 3.8) is 0 Å². The van der Waals surface area contributed by atoms with Gasteiger partial charge in [-0.3, -0.25) is 4.68 Å². The second-order valence-electron chi connectivity index (χ2n) is 3.05. The van der Waals surface area contributed by atoms with E-state index in [1.165, 1.54) is 0 Å². The minimum atomic E-state index is 0.346. The molecule has 1 aromatic heterocycles. The third-order valence-corrected chi connectivity index (χ3v) is 1.91. The maximum absolute atomic E-state index is 5.62. The maximum atomic E-state index is 5.62. The van der Waals surface area contributed by atoms with E-state index in [1.807, 2.05) is 23.9 Å². The first-order valence-electron chi connectivity index (χ1n) is 4.07. The standard InChI is InChI=1S/C9H15N3/c1-4-5-8(3)12-6-7(2)9(10)11-12/h4,6,8H,1,5H2,2-3H3,(H2,10,11). The van der Waals surface area contributed by atoms with E-state index in [1.54, 1.807) is 0 Å². The predicted octanol–water partition coefficient (Wildman–Crippen LogP) is 1.91. The first kappa shape index (κ1) is 8.84. The van der Waals surface area contributed by atoms with Gasteiger partial charge in [0.2, 0.25) is 0 Å². The first-order valence-corrected chi connectivity index (χ1v) is 4.07. The van der Waals surface area contributed by atoms with Crippen molar-refractivity contribution in [3.8, 4) is 0 Å². The van der Waals surface area contributed by atoms with Crippen LogP contribution >= 0.6 is 0 Å². The lowest BCUT2D eigenvalue weighted by Crippen LogP contribution is -2.04. The van der Waals surface area contributed by atoms with Gasteiger partial charge in [0, 0.05) is 11.8 Å². The van der Waals surface area contributed by atoms with Gasteiger partial charge in [-0.25, -0.2) is 0 Å². The summed E-state index contributed by atoms with van der Waals surface area (Å²) in [4.78, 5) is 0. The zero-order valence-corrected chi connectivity index (χ0v) is 7.62. The van der Waals surface area contributed by atoms with Gasteiger partial charge in [-0.1, -0.05) is 6.08 Å². The third-order valence-electron chi connectivity index (χ3n) is 1.91. The summed E-state index contributed by atoms with van der Waals surface area (Å²) in [5.41, 5.74) is 6.65. The van der Waals surface area contributed by atoms with Crippen molar-refractivity contribution in [2.45, 2.75) is 26.3 Å². The van der Waals surface area contributed by atoms with Crippen LogP contribution in [-0.2, 0) is 0 Å². The van der Waals surface area contributed by atoms with Gasteiger partial charge in [0.1, 0.15) is 5.82 Å². The normalized spacial score (nSPS) is 12.8. The summed E-state index contributed by atoms with van der Waals surface area (Å²) >= 11 is 0. The Morgan fingerprint density at radius 3 is 2.92 bits per heavy atom. The molecule has 2 N–H and O–H groups in total. The number of aryl methyl sites for hydroxylation is 1. The van der Waals surface area contributed by atoms with E-state index >= 15 is 0 Å². The second kappa shape index (κ2) is 3.43. The Kier molecular flexibility index (Phi) is 2.53. The van der Waals surface area contributed by atoms with E-state index in [0.717, 1.165) is 12.0 Å². The van der Waals surface area contributed by atoms with Crippen LogP contribution in [0.25, 0.3) is 0 Å². The molecule has 1 aromatic rings. The van der Waals surface area contributed by atoms with Gasteiger partial charge in [-0.2, -0.15) is 5.10 Å². The molecule has 1 heterocycles. The van der Waals surface area contributed by atoms with E-state index in [0.29, 0.717) is 11.9 Å². The highest BCUT2D eigenvalue weighted by molar-refractivity contribution is 5.35. The van der Waals surface area contributed by atoms with E-state index in [4.69, 9.17) is 5.73 Å². The average molecular weight is 165 g/mol. The van der Waals surface area contributed by atoms with Crippen molar-refractivity contribution in [2.24, 2.45) is 0 Å². The Hall–Kier alpha value is -1.25. The predicted molar refractivity (Wildman–Crippen MR) is 50.9 cm³/mol. The zero-order chi connectivity index (χ0) is 9.14. The molecule has 0 amide bonds. The Morgan fingerprint density at radius 2 is 2.50 bits per heavy atom. The highest BCUT2D eigenvalue weighted by Crippen LogP contribution is 2.14. The lowest BCUT2D eigenvalue weighted by atomic mass is 10.2. The monoisotopic (exact) mass is 165 g/mol. The smallest absolute Gasteiger partial charge is 0.148 e. The Labute approximate surface area is 72.9 Å². The highest BCUT2D eigenvalue weighted by atomic mass is 15.3. The second-order valence-corrected chi connectivity index (χ2v) is 3.05. The van der Waals surface area contributed by atoms with Gasteiger partial charge in [0.15, 0.2) is 0 Å². The number of allylic oxidation sites excluding steroid dienone is 1. The topological polar surface area (TPSA) is 43.8 Å². The van der Waals surface area contributed by atoms with Crippen molar-refractivity contribution in [2.75, 3.05) is 5.73 Å². The summed E-state index contributed by atoms with van der Waals surface area (Å²) in [7, 11) is 0. The molecule has 0 aliphatic carbocycles. The van der Waals surface area contributed by atoms with Crippen LogP contribution in [0.2, 0.25) is 0 Å². The van der Waals surface area contributed by atoms with E-state index in [-0.39, 0.29) is 0 Å². The largest absolute Gasteiger partial charge is 0.382 e. The molecule has 66 valence electrons. The van der Waals surface area contributed by atoms with E-state index in [9.17, 15) is 0 Å². The Balaban J connectivity index is 2.80. The van der Waals surface area contributed by atoms with Crippen LogP contribution in [0.3, 0.4) is 0 Å². The fourth-order valence-corrected chi connectivity index (χ4v) is 1.07. The number of nitrogen functional groups attached to an aromatic ring is 1. The number of hydrogen-bond donors (Lipinski definition) is 1. The van der Waals surface area contributed by atoms with E-state index < -0.39 is 0 Å². The van der Waals surface area contributed by atoms with Crippen LogP contribution < -0.4 is 5.73 Å². The molecule has 12 heavy (non-hydrogen) atoms. The third kappa shape index (κ3) is 1.67. The molecule has 0 aliphatic heterocycles. The summed E-state index contributed by atoms with van der Waals surface area (Å²) in [5, 5.41) is 4.18. The number of nitrogens with zero attached hydrogens (tertiary/aromatic N) is 2. The van der Waals surface area contributed by atoms with Crippen LogP contribution in [0, 0.1) is 6.92 Å². The molecule has 0 aromatic carbocycles. The molecule has 0 spiro atoms. The summed E-state index contributed by atoms with van der Waals surface area (Å²) in [6.07, 6.45) is 4.77. The number of aromatic nitrogens is 2. The minimum Gasteiger partial charge on any atom is -0.382 e. The Morgan fingerprint density at radius 1 is 1.83 bits per heavy atom. The van der Waals surface area contributed by atoms with Crippen molar-refractivity contribution < 1.29 is 0 Å². The van der Waals surface area contributed by atoms with Crippen molar-refractivity contribution in [1.29, 1.82) is 0 Å².